The summed E-state index contributed by atoms with van der Waals surface area (Å²) in [5.41, 5.74) is 8.20. The number of ether oxygens (including phenoxy) is 1. The highest BCUT2D eigenvalue weighted by Gasteiger charge is 2.30. The van der Waals surface area contributed by atoms with E-state index in [1.807, 2.05) is 0 Å². The van der Waals surface area contributed by atoms with Gasteiger partial charge < -0.3 is 20.2 Å². The number of thiophene rings is 1. The number of nitrogens with one attached hydrogen (secondary N) is 1. The zero-order valence-electron chi connectivity index (χ0n) is 24.5. The third-order valence-corrected chi connectivity index (χ3v) is 7.75. The molecule has 0 fully saturated rings. The van der Waals surface area contributed by atoms with Crippen LogP contribution in [-0.2, 0) is 19.4 Å². The summed E-state index contributed by atoms with van der Waals surface area (Å²) >= 11 is 1.07. The molecule has 3 heterocycles. The van der Waals surface area contributed by atoms with Crippen LogP contribution in [0.15, 0.2) is 59.0 Å². The second-order valence-corrected chi connectivity index (χ2v) is 11.5. The minimum absolute atomic E-state index is 0.000619. The topological polar surface area (TPSA) is 133 Å². The van der Waals surface area contributed by atoms with Gasteiger partial charge in [0.1, 0.15) is 11.4 Å². The molecule has 45 heavy (non-hydrogen) atoms. The molecule has 5 rings (SSSR count). The van der Waals surface area contributed by atoms with Crippen LogP contribution >= 0.6 is 11.3 Å². The molecule has 0 aliphatic heterocycles. The van der Waals surface area contributed by atoms with Crippen LogP contribution < -0.4 is 15.8 Å². The van der Waals surface area contributed by atoms with Crippen molar-refractivity contribution in [3.63, 3.8) is 0 Å². The van der Waals surface area contributed by atoms with Crippen molar-refractivity contribution >= 4 is 23.2 Å². The first-order valence-electron chi connectivity index (χ1n) is 13.9. The summed E-state index contributed by atoms with van der Waals surface area (Å²) in [6, 6.07) is 12.6. The van der Waals surface area contributed by atoms with Gasteiger partial charge in [-0.15, -0.1) is 21.5 Å². The Hall–Kier alpha value is -5.04. The fourth-order valence-corrected chi connectivity index (χ4v) is 5.61. The quantitative estimate of drug-likeness (QED) is 0.177. The van der Waals surface area contributed by atoms with Crippen molar-refractivity contribution in [2.45, 2.75) is 46.3 Å². The van der Waals surface area contributed by atoms with Crippen molar-refractivity contribution in [1.29, 1.82) is 0 Å². The molecule has 5 aromatic rings. The van der Waals surface area contributed by atoms with E-state index in [0.717, 1.165) is 29.0 Å². The standard InChI is InChI=1S/C32H28F3N5O4S/c1-16(2)43-31-28(29(36)41)27(24-12-13-25(45-24)30(42)37-15-19-6-10-21(34)22(35)14-19)26(32-40-39-17(3)44-32)23(38-31)11-7-18-4-8-20(33)9-5-18/h4-6,8-10,12-14,16H,7,11,15H2,1-3H3,(H2,36,41)(H,37,42). The number of carbonyl (C=O) groups excluding carboxylic acids is 2. The van der Waals surface area contributed by atoms with Gasteiger partial charge in [0.25, 0.3) is 11.8 Å². The second-order valence-electron chi connectivity index (χ2n) is 10.4. The van der Waals surface area contributed by atoms with Gasteiger partial charge in [-0.1, -0.05) is 18.2 Å². The molecule has 9 nitrogen and oxygen atoms in total. The zero-order chi connectivity index (χ0) is 32.2. The summed E-state index contributed by atoms with van der Waals surface area (Å²) in [7, 11) is 0. The minimum atomic E-state index is -1.02. The van der Waals surface area contributed by atoms with E-state index in [-0.39, 0.29) is 46.6 Å². The lowest BCUT2D eigenvalue weighted by atomic mass is 9.95. The van der Waals surface area contributed by atoms with E-state index < -0.39 is 23.4 Å². The lowest BCUT2D eigenvalue weighted by molar-refractivity contribution is 0.0953. The lowest BCUT2D eigenvalue weighted by Crippen LogP contribution is -2.21. The number of rotatable bonds is 11. The van der Waals surface area contributed by atoms with Crippen molar-refractivity contribution in [2.24, 2.45) is 5.73 Å². The number of nitrogens with two attached hydrogens (primary N) is 1. The fourth-order valence-electron chi connectivity index (χ4n) is 4.63. The van der Waals surface area contributed by atoms with Crippen molar-refractivity contribution in [2.75, 3.05) is 0 Å². The molecule has 0 bridgehead atoms. The van der Waals surface area contributed by atoms with E-state index >= 15 is 0 Å². The number of amides is 2. The van der Waals surface area contributed by atoms with Gasteiger partial charge in [-0.2, -0.15) is 0 Å². The molecule has 0 saturated carbocycles. The third-order valence-electron chi connectivity index (χ3n) is 6.65. The molecule has 0 spiro atoms. The molecular formula is C32H28F3N5O4S. The second kappa shape index (κ2) is 13.3. The van der Waals surface area contributed by atoms with E-state index in [0.29, 0.717) is 40.1 Å². The Kier molecular flexibility index (Phi) is 9.28. The van der Waals surface area contributed by atoms with Crippen LogP contribution in [0.3, 0.4) is 0 Å². The summed E-state index contributed by atoms with van der Waals surface area (Å²) in [5, 5.41) is 10.9. The Morgan fingerprint density at radius 1 is 0.956 bits per heavy atom. The number of pyridine rings is 1. The van der Waals surface area contributed by atoms with Crippen LogP contribution in [0.25, 0.3) is 21.9 Å². The number of aryl methyl sites for hydroxylation is 3. The molecule has 0 saturated heterocycles. The van der Waals surface area contributed by atoms with Crippen molar-refractivity contribution in [3.05, 3.63) is 105 Å². The highest BCUT2D eigenvalue weighted by atomic mass is 32.1. The Labute approximate surface area is 260 Å². The first kappa shape index (κ1) is 31.4. The van der Waals surface area contributed by atoms with Gasteiger partial charge in [-0.05, 0) is 74.2 Å². The Morgan fingerprint density at radius 2 is 1.69 bits per heavy atom. The monoisotopic (exact) mass is 635 g/mol. The Morgan fingerprint density at radius 3 is 2.33 bits per heavy atom. The highest BCUT2D eigenvalue weighted by Crippen LogP contribution is 2.43. The van der Waals surface area contributed by atoms with Gasteiger partial charge in [0.2, 0.25) is 17.7 Å². The highest BCUT2D eigenvalue weighted by molar-refractivity contribution is 7.17. The molecule has 0 aliphatic carbocycles. The first-order chi connectivity index (χ1) is 21.5. The number of carbonyl (C=O) groups is 2. The molecular weight excluding hydrogens is 607 g/mol. The molecule has 2 aromatic carbocycles. The number of nitrogens with zero attached hydrogens (tertiary/aromatic N) is 3. The maximum Gasteiger partial charge on any atom is 0.261 e. The van der Waals surface area contributed by atoms with Crippen LogP contribution in [0.5, 0.6) is 5.88 Å². The van der Waals surface area contributed by atoms with Gasteiger partial charge in [-0.3, -0.25) is 9.59 Å². The largest absolute Gasteiger partial charge is 0.474 e. The molecule has 0 aliphatic rings. The average molecular weight is 636 g/mol. The van der Waals surface area contributed by atoms with E-state index in [4.69, 9.17) is 19.9 Å². The number of hydrogen-bond acceptors (Lipinski definition) is 8. The van der Waals surface area contributed by atoms with Gasteiger partial charge in [0.05, 0.1) is 22.2 Å². The predicted molar refractivity (Wildman–Crippen MR) is 161 cm³/mol. The summed E-state index contributed by atoms with van der Waals surface area (Å²) in [5.74, 6) is -3.31. The molecule has 0 radical (unpaired) electrons. The van der Waals surface area contributed by atoms with Gasteiger partial charge in [0, 0.05) is 23.9 Å². The maximum atomic E-state index is 13.6. The molecule has 0 unspecified atom stereocenters. The molecule has 0 atom stereocenters. The molecule has 2 amide bonds. The Bertz CT molecular complexity index is 1870. The van der Waals surface area contributed by atoms with E-state index in [9.17, 15) is 22.8 Å². The smallest absolute Gasteiger partial charge is 0.261 e. The van der Waals surface area contributed by atoms with E-state index in [1.165, 1.54) is 18.2 Å². The van der Waals surface area contributed by atoms with Crippen molar-refractivity contribution in [1.82, 2.24) is 20.5 Å². The van der Waals surface area contributed by atoms with Crippen molar-refractivity contribution < 1.29 is 31.9 Å². The Balaban J connectivity index is 1.60. The molecule has 13 heteroatoms. The number of benzene rings is 2. The number of primary amides is 1. The number of halogens is 3. The van der Waals surface area contributed by atoms with Crippen LogP contribution in [0.4, 0.5) is 13.2 Å². The molecule has 3 aromatic heterocycles. The van der Waals surface area contributed by atoms with Gasteiger partial charge in [-0.25, -0.2) is 18.2 Å². The van der Waals surface area contributed by atoms with Crippen LogP contribution in [-0.4, -0.2) is 33.1 Å². The fraction of sp³-hybridized carbons (Fsp3) is 0.219. The summed E-state index contributed by atoms with van der Waals surface area (Å²) < 4.78 is 52.3. The molecule has 232 valence electrons. The average Bonchev–Trinajstić information content (AvgIpc) is 3.66. The summed E-state index contributed by atoms with van der Waals surface area (Å²) in [6.07, 6.45) is 0.396. The van der Waals surface area contributed by atoms with Crippen LogP contribution in [0.1, 0.15) is 56.6 Å². The van der Waals surface area contributed by atoms with Crippen LogP contribution in [0.2, 0.25) is 0 Å². The molecule has 3 N–H and O–H groups in total. The zero-order valence-corrected chi connectivity index (χ0v) is 25.3. The third kappa shape index (κ3) is 7.20. The summed E-state index contributed by atoms with van der Waals surface area (Å²) in [6.45, 7) is 5.13. The van der Waals surface area contributed by atoms with Gasteiger partial charge in [0.15, 0.2) is 11.6 Å². The minimum Gasteiger partial charge on any atom is -0.474 e. The SMILES string of the molecule is Cc1nnc(-c2c(CCc3ccc(F)cc3)nc(OC(C)C)c(C(N)=O)c2-c2ccc(C(=O)NCc3ccc(F)c(F)c3)s2)o1. The maximum absolute atomic E-state index is 13.6. The predicted octanol–water partition coefficient (Wildman–Crippen LogP) is 6.19. The lowest BCUT2D eigenvalue weighted by Gasteiger charge is -2.19. The van der Waals surface area contributed by atoms with E-state index in [1.54, 1.807) is 45.0 Å². The van der Waals surface area contributed by atoms with Crippen molar-refractivity contribution in [3.8, 4) is 27.8 Å². The number of aromatic nitrogens is 3. The summed E-state index contributed by atoms with van der Waals surface area (Å²) in [4.78, 5) is 31.6. The normalized spacial score (nSPS) is 11.2. The first-order valence-corrected chi connectivity index (χ1v) is 14.7. The van der Waals surface area contributed by atoms with Crippen LogP contribution in [0, 0.1) is 24.4 Å². The van der Waals surface area contributed by atoms with Gasteiger partial charge >= 0.3 is 0 Å². The number of hydrogen-bond donors (Lipinski definition) is 2. The van der Waals surface area contributed by atoms with E-state index in [2.05, 4.69) is 15.5 Å².